The van der Waals surface area contributed by atoms with Gasteiger partial charge in [0.1, 0.15) is 6.04 Å². The van der Waals surface area contributed by atoms with Crippen LogP contribution in [0.1, 0.15) is 25.5 Å². The monoisotopic (exact) mass is 417 g/mol. The van der Waals surface area contributed by atoms with Gasteiger partial charge in [-0.15, -0.1) is 0 Å². The SMILES string of the molecule is CC(C(=O)Nc1ccc(C(C)(F)F)cc1)n1nc(-c2cccc(Cl)c2)ccc1=O. The molecule has 5 nitrogen and oxygen atoms in total. The number of nitrogens with zero attached hydrogens (tertiary/aromatic N) is 2. The predicted octanol–water partition coefficient (Wildman–Crippen LogP) is 4.88. The van der Waals surface area contributed by atoms with Gasteiger partial charge in [-0.2, -0.15) is 5.10 Å². The number of hydrogen-bond acceptors (Lipinski definition) is 3. The van der Waals surface area contributed by atoms with Crippen LogP contribution in [0.5, 0.6) is 0 Å². The van der Waals surface area contributed by atoms with Crippen molar-refractivity contribution in [1.29, 1.82) is 0 Å². The zero-order chi connectivity index (χ0) is 21.2. The maximum Gasteiger partial charge on any atom is 0.270 e. The Labute approximate surface area is 170 Å². The maximum absolute atomic E-state index is 13.3. The van der Waals surface area contributed by atoms with E-state index in [2.05, 4.69) is 10.4 Å². The summed E-state index contributed by atoms with van der Waals surface area (Å²) in [5.41, 5.74) is 0.931. The van der Waals surface area contributed by atoms with Crippen LogP contribution in [-0.4, -0.2) is 15.7 Å². The Kier molecular flexibility index (Phi) is 5.79. The van der Waals surface area contributed by atoms with Crippen LogP contribution in [0.15, 0.2) is 65.5 Å². The zero-order valence-electron chi connectivity index (χ0n) is 15.7. The number of aromatic nitrogens is 2. The summed E-state index contributed by atoms with van der Waals surface area (Å²) in [4.78, 5) is 24.8. The Morgan fingerprint density at radius 1 is 1.14 bits per heavy atom. The number of hydrogen-bond donors (Lipinski definition) is 1. The lowest BCUT2D eigenvalue weighted by Gasteiger charge is -2.16. The molecule has 2 aromatic carbocycles. The number of benzene rings is 2. The first-order valence-corrected chi connectivity index (χ1v) is 9.18. The molecule has 3 rings (SSSR count). The highest BCUT2D eigenvalue weighted by Gasteiger charge is 2.24. The molecule has 29 heavy (non-hydrogen) atoms. The Bertz CT molecular complexity index is 1090. The van der Waals surface area contributed by atoms with E-state index in [0.717, 1.165) is 11.6 Å². The molecule has 1 amide bonds. The summed E-state index contributed by atoms with van der Waals surface area (Å²) in [6.07, 6.45) is 0. The van der Waals surface area contributed by atoms with Crippen LogP contribution < -0.4 is 10.9 Å². The van der Waals surface area contributed by atoms with Crippen molar-refractivity contribution in [3.63, 3.8) is 0 Å². The minimum atomic E-state index is -2.96. The third-order valence-corrected chi connectivity index (χ3v) is 4.59. The number of anilines is 1. The molecular weight excluding hydrogens is 400 g/mol. The van der Waals surface area contributed by atoms with Crippen LogP contribution in [0.4, 0.5) is 14.5 Å². The van der Waals surface area contributed by atoms with Crippen LogP contribution in [0, 0.1) is 0 Å². The minimum absolute atomic E-state index is 0.157. The van der Waals surface area contributed by atoms with Gasteiger partial charge in [0.15, 0.2) is 0 Å². The molecule has 0 saturated carbocycles. The second kappa shape index (κ2) is 8.13. The van der Waals surface area contributed by atoms with Crippen LogP contribution >= 0.6 is 11.6 Å². The van der Waals surface area contributed by atoms with Crippen molar-refractivity contribution < 1.29 is 13.6 Å². The molecule has 1 N–H and O–H groups in total. The molecule has 0 radical (unpaired) electrons. The molecule has 0 bridgehead atoms. The molecule has 0 aliphatic carbocycles. The second-order valence-electron chi connectivity index (χ2n) is 6.64. The normalized spacial score (nSPS) is 12.4. The fourth-order valence-electron chi connectivity index (χ4n) is 2.71. The summed E-state index contributed by atoms with van der Waals surface area (Å²) in [5, 5.41) is 7.41. The Balaban J connectivity index is 1.82. The van der Waals surface area contributed by atoms with Crippen molar-refractivity contribution in [2.45, 2.75) is 25.8 Å². The van der Waals surface area contributed by atoms with Crippen molar-refractivity contribution in [3.05, 3.63) is 81.6 Å². The third kappa shape index (κ3) is 4.86. The van der Waals surface area contributed by atoms with Crippen LogP contribution in [-0.2, 0) is 10.7 Å². The van der Waals surface area contributed by atoms with Gasteiger partial charge >= 0.3 is 0 Å². The average Bonchev–Trinajstić information content (AvgIpc) is 2.67. The fraction of sp³-hybridized carbons (Fsp3) is 0.190. The van der Waals surface area contributed by atoms with Gasteiger partial charge in [0.2, 0.25) is 5.91 Å². The molecule has 0 fully saturated rings. The number of carbonyl (C=O) groups excluding carboxylic acids is 1. The van der Waals surface area contributed by atoms with Crippen LogP contribution in [0.25, 0.3) is 11.3 Å². The van der Waals surface area contributed by atoms with Crippen LogP contribution in [0.2, 0.25) is 5.02 Å². The van der Waals surface area contributed by atoms with E-state index in [4.69, 9.17) is 11.6 Å². The number of halogens is 3. The van der Waals surface area contributed by atoms with Gasteiger partial charge in [0, 0.05) is 34.8 Å². The highest BCUT2D eigenvalue weighted by molar-refractivity contribution is 6.30. The summed E-state index contributed by atoms with van der Waals surface area (Å²) in [6, 6.07) is 14.2. The van der Waals surface area contributed by atoms with Crippen molar-refractivity contribution in [3.8, 4) is 11.3 Å². The summed E-state index contributed by atoms with van der Waals surface area (Å²) >= 11 is 6.00. The first-order valence-electron chi connectivity index (χ1n) is 8.80. The first kappa shape index (κ1) is 20.7. The van der Waals surface area contributed by atoms with Gasteiger partial charge in [-0.3, -0.25) is 9.59 Å². The molecule has 0 saturated heterocycles. The van der Waals surface area contributed by atoms with E-state index in [1.807, 2.05) is 0 Å². The quantitative estimate of drug-likeness (QED) is 0.643. The number of carbonyl (C=O) groups is 1. The summed E-state index contributed by atoms with van der Waals surface area (Å²) in [7, 11) is 0. The van der Waals surface area contributed by atoms with Gasteiger partial charge in [-0.25, -0.2) is 13.5 Å². The molecule has 1 unspecified atom stereocenters. The lowest BCUT2D eigenvalue weighted by molar-refractivity contribution is -0.119. The van der Waals surface area contributed by atoms with Gasteiger partial charge in [0.25, 0.3) is 11.5 Å². The molecule has 150 valence electrons. The lowest BCUT2D eigenvalue weighted by Crippen LogP contribution is -2.33. The highest BCUT2D eigenvalue weighted by Crippen LogP contribution is 2.28. The number of nitrogens with one attached hydrogen (secondary N) is 1. The standard InChI is InChI=1S/C21H18ClF2N3O2/c1-13(20(29)25-17-8-6-15(7-9-17)21(2,23)24)27-19(28)11-10-18(26-27)14-4-3-5-16(22)12-14/h3-13H,1-2H3,(H,25,29). The van der Waals surface area contributed by atoms with E-state index in [9.17, 15) is 18.4 Å². The van der Waals surface area contributed by atoms with E-state index in [0.29, 0.717) is 22.0 Å². The minimum Gasteiger partial charge on any atom is -0.324 e. The highest BCUT2D eigenvalue weighted by atomic mass is 35.5. The van der Waals surface area contributed by atoms with Gasteiger partial charge in [-0.05, 0) is 37.3 Å². The zero-order valence-corrected chi connectivity index (χ0v) is 16.5. The van der Waals surface area contributed by atoms with E-state index in [1.54, 1.807) is 30.3 Å². The lowest BCUT2D eigenvalue weighted by atomic mass is 10.1. The van der Waals surface area contributed by atoms with Crippen molar-refractivity contribution in [2.75, 3.05) is 5.32 Å². The summed E-state index contributed by atoms with van der Waals surface area (Å²) in [6.45, 7) is 2.33. The third-order valence-electron chi connectivity index (χ3n) is 4.35. The van der Waals surface area contributed by atoms with Crippen molar-refractivity contribution in [2.24, 2.45) is 0 Å². The van der Waals surface area contributed by atoms with E-state index < -0.39 is 23.4 Å². The molecule has 0 aliphatic heterocycles. The van der Waals surface area contributed by atoms with E-state index in [-0.39, 0.29) is 5.56 Å². The molecule has 1 aromatic heterocycles. The molecule has 0 aliphatic rings. The van der Waals surface area contributed by atoms with Crippen molar-refractivity contribution in [1.82, 2.24) is 9.78 Å². The Morgan fingerprint density at radius 2 is 1.83 bits per heavy atom. The largest absolute Gasteiger partial charge is 0.324 e. The number of rotatable bonds is 5. The van der Waals surface area contributed by atoms with Crippen LogP contribution in [0.3, 0.4) is 0 Å². The Hall–Kier alpha value is -3.06. The van der Waals surface area contributed by atoms with Gasteiger partial charge < -0.3 is 5.32 Å². The predicted molar refractivity (Wildman–Crippen MR) is 108 cm³/mol. The molecule has 1 atom stereocenters. The number of alkyl halides is 2. The molecule has 0 spiro atoms. The smallest absolute Gasteiger partial charge is 0.270 e. The average molecular weight is 418 g/mol. The van der Waals surface area contributed by atoms with Gasteiger partial charge in [0.05, 0.1) is 5.69 Å². The topological polar surface area (TPSA) is 64.0 Å². The summed E-state index contributed by atoms with van der Waals surface area (Å²) in [5.74, 6) is -3.47. The fourth-order valence-corrected chi connectivity index (χ4v) is 2.90. The maximum atomic E-state index is 13.3. The molecule has 3 aromatic rings. The van der Waals surface area contributed by atoms with E-state index >= 15 is 0 Å². The van der Waals surface area contributed by atoms with Gasteiger partial charge in [-0.1, -0.05) is 35.9 Å². The first-order chi connectivity index (χ1) is 13.6. The second-order valence-corrected chi connectivity index (χ2v) is 7.08. The van der Waals surface area contributed by atoms with Crippen molar-refractivity contribution >= 4 is 23.2 Å². The molecule has 1 heterocycles. The summed E-state index contributed by atoms with van der Waals surface area (Å²) < 4.78 is 27.7. The van der Waals surface area contributed by atoms with E-state index in [1.165, 1.54) is 37.3 Å². The number of amides is 1. The molecular formula is C21H18ClF2N3O2. The molecule has 8 heteroatoms. The Morgan fingerprint density at radius 3 is 2.45 bits per heavy atom.